The van der Waals surface area contributed by atoms with Crippen molar-refractivity contribution in [3.05, 3.63) is 23.3 Å². The van der Waals surface area contributed by atoms with Crippen LogP contribution in [-0.4, -0.2) is 14.5 Å². The maximum atomic E-state index is 12.6. The lowest BCUT2D eigenvalue weighted by Crippen LogP contribution is -2.37. The Bertz CT molecular complexity index is 611. The molecular formula is C15H24N2O2S. The quantitative estimate of drug-likeness (QED) is 0.842. The van der Waals surface area contributed by atoms with E-state index in [1.807, 2.05) is 6.92 Å². The van der Waals surface area contributed by atoms with Crippen LogP contribution >= 0.6 is 0 Å². The lowest BCUT2D eigenvalue weighted by atomic mass is 9.98. The standard InChI is InChI=1S/C15H24N2O2S/c1-9-7-13(16)12(4)15(8-9)20(18,19)17-14-6-5-10(2)11(14)3/h7-8,10-11,14,17H,5-6,16H2,1-4H3. The molecule has 1 aliphatic carbocycles. The summed E-state index contributed by atoms with van der Waals surface area (Å²) in [6.07, 6.45) is 1.98. The van der Waals surface area contributed by atoms with Crippen molar-refractivity contribution < 1.29 is 8.42 Å². The summed E-state index contributed by atoms with van der Waals surface area (Å²) in [6, 6.07) is 3.52. The maximum Gasteiger partial charge on any atom is 0.241 e. The lowest BCUT2D eigenvalue weighted by molar-refractivity contribution is 0.402. The third-order valence-electron chi connectivity index (χ3n) is 4.61. The lowest BCUT2D eigenvalue weighted by Gasteiger charge is -2.21. The molecule has 0 aromatic heterocycles. The molecule has 5 heteroatoms. The summed E-state index contributed by atoms with van der Waals surface area (Å²) in [4.78, 5) is 0.307. The summed E-state index contributed by atoms with van der Waals surface area (Å²) in [7, 11) is -3.51. The molecule has 0 saturated heterocycles. The van der Waals surface area contributed by atoms with Gasteiger partial charge in [0.1, 0.15) is 0 Å². The minimum Gasteiger partial charge on any atom is -0.398 e. The molecule has 1 fully saturated rings. The van der Waals surface area contributed by atoms with Crippen molar-refractivity contribution in [3.63, 3.8) is 0 Å². The smallest absolute Gasteiger partial charge is 0.241 e. The highest BCUT2D eigenvalue weighted by Crippen LogP contribution is 2.32. The van der Waals surface area contributed by atoms with Crippen molar-refractivity contribution in [2.75, 3.05) is 5.73 Å². The van der Waals surface area contributed by atoms with Crippen LogP contribution in [0.5, 0.6) is 0 Å². The molecule has 3 unspecified atom stereocenters. The highest BCUT2D eigenvalue weighted by atomic mass is 32.2. The fraction of sp³-hybridized carbons (Fsp3) is 0.600. The second-order valence-corrected chi connectivity index (χ2v) is 7.80. The largest absolute Gasteiger partial charge is 0.398 e. The molecule has 1 aromatic carbocycles. The molecule has 2 rings (SSSR count). The summed E-state index contributed by atoms with van der Waals surface area (Å²) in [6.45, 7) is 7.90. The van der Waals surface area contributed by atoms with Gasteiger partial charge in [-0.05, 0) is 61.8 Å². The van der Waals surface area contributed by atoms with E-state index in [0.717, 1.165) is 18.4 Å². The van der Waals surface area contributed by atoms with E-state index < -0.39 is 10.0 Å². The average Bonchev–Trinajstić information content (AvgIpc) is 2.65. The van der Waals surface area contributed by atoms with Crippen LogP contribution < -0.4 is 10.5 Å². The van der Waals surface area contributed by atoms with E-state index in [2.05, 4.69) is 18.6 Å². The molecular weight excluding hydrogens is 272 g/mol. The van der Waals surface area contributed by atoms with E-state index in [-0.39, 0.29) is 6.04 Å². The van der Waals surface area contributed by atoms with Crippen LogP contribution in [0, 0.1) is 25.7 Å². The predicted octanol–water partition coefficient (Wildman–Crippen LogP) is 2.60. The average molecular weight is 296 g/mol. The number of nitrogens with two attached hydrogens (primary N) is 1. The van der Waals surface area contributed by atoms with Crippen molar-refractivity contribution in [1.29, 1.82) is 0 Å². The number of hydrogen-bond acceptors (Lipinski definition) is 3. The molecule has 0 bridgehead atoms. The Morgan fingerprint density at radius 3 is 2.40 bits per heavy atom. The molecule has 0 amide bonds. The van der Waals surface area contributed by atoms with Crippen molar-refractivity contribution >= 4 is 15.7 Å². The van der Waals surface area contributed by atoms with E-state index >= 15 is 0 Å². The molecule has 0 radical (unpaired) electrons. The molecule has 20 heavy (non-hydrogen) atoms. The van der Waals surface area contributed by atoms with Crippen molar-refractivity contribution in [2.45, 2.75) is 51.5 Å². The number of hydrogen-bond donors (Lipinski definition) is 2. The fourth-order valence-corrected chi connectivity index (χ4v) is 4.65. The Morgan fingerprint density at radius 2 is 1.85 bits per heavy atom. The predicted molar refractivity (Wildman–Crippen MR) is 82.0 cm³/mol. The van der Waals surface area contributed by atoms with E-state index in [1.165, 1.54) is 0 Å². The first-order valence-corrected chi connectivity index (χ1v) is 8.59. The number of anilines is 1. The van der Waals surface area contributed by atoms with Crippen molar-refractivity contribution in [1.82, 2.24) is 4.72 Å². The van der Waals surface area contributed by atoms with E-state index in [9.17, 15) is 8.42 Å². The van der Waals surface area contributed by atoms with Crippen LogP contribution in [0.2, 0.25) is 0 Å². The highest BCUT2D eigenvalue weighted by Gasteiger charge is 2.33. The van der Waals surface area contributed by atoms with Gasteiger partial charge in [0.2, 0.25) is 10.0 Å². The number of rotatable bonds is 3. The number of nitrogen functional groups attached to an aromatic ring is 1. The topological polar surface area (TPSA) is 72.2 Å². The zero-order valence-corrected chi connectivity index (χ0v) is 13.4. The molecule has 3 N–H and O–H groups in total. The normalized spacial score (nSPS) is 26.9. The Labute approximate surface area is 121 Å². The van der Waals surface area contributed by atoms with E-state index in [4.69, 9.17) is 5.73 Å². The van der Waals surface area contributed by atoms with Gasteiger partial charge >= 0.3 is 0 Å². The van der Waals surface area contributed by atoms with Gasteiger partial charge in [-0.15, -0.1) is 0 Å². The summed E-state index contributed by atoms with van der Waals surface area (Å²) >= 11 is 0. The molecule has 0 heterocycles. The third kappa shape index (κ3) is 2.83. The van der Waals surface area contributed by atoms with E-state index in [0.29, 0.717) is 28.0 Å². The second-order valence-electron chi connectivity index (χ2n) is 6.12. The van der Waals surface area contributed by atoms with Crippen molar-refractivity contribution in [3.8, 4) is 0 Å². The van der Waals surface area contributed by atoms with Gasteiger partial charge in [0.15, 0.2) is 0 Å². The van der Waals surface area contributed by atoms with Crippen molar-refractivity contribution in [2.24, 2.45) is 11.8 Å². The first-order chi connectivity index (χ1) is 9.22. The van der Waals surface area contributed by atoms with Crippen LogP contribution in [0.25, 0.3) is 0 Å². The summed E-state index contributed by atoms with van der Waals surface area (Å²) < 4.78 is 28.1. The molecule has 0 aliphatic heterocycles. The SMILES string of the molecule is Cc1cc(N)c(C)c(S(=O)(=O)NC2CCC(C)C2C)c1. The van der Waals surface area contributed by atoms with Gasteiger partial charge < -0.3 is 5.73 Å². The Kier molecular flexibility index (Phi) is 4.12. The van der Waals surface area contributed by atoms with Crippen LogP contribution in [0.1, 0.15) is 37.8 Å². The molecule has 1 aromatic rings. The molecule has 1 saturated carbocycles. The van der Waals surface area contributed by atoms with Crippen LogP contribution in [0.3, 0.4) is 0 Å². The highest BCUT2D eigenvalue weighted by molar-refractivity contribution is 7.89. The Hall–Kier alpha value is -1.07. The minimum atomic E-state index is -3.51. The van der Waals surface area contributed by atoms with Crippen LogP contribution in [0.15, 0.2) is 17.0 Å². The van der Waals surface area contributed by atoms with Gasteiger partial charge in [-0.25, -0.2) is 13.1 Å². The number of benzene rings is 1. The number of aryl methyl sites for hydroxylation is 1. The van der Waals surface area contributed by atoms with Gasteiger partial charge in [0, 0.05) is 11.7 Å². The third-order valence-corrected chi connectivity index (χ3v) is 6.22. The zero-order valence-electron chi connectivity index (χ0n) is 12.6. The Morgan fingerprint density at radius 1 is 1.20 bits per heavy atom. The molecule has 3 atom stereocenters. The summed E-state index contributed by atoms with van der Waals surface area (Å²) in [5, 5.41) is 0. The van der Waals surface area contributed by atoms with Gasteiger partial charge in [-0.3, -0.25) is 0 Å². The van der Waals surface area contributed by atoms with Gasteiger partial charge in [0.25, 0.3) is 0 Å². The maximum absolute atomic E-state index is 12.6. The fourth-order valence-electron chi connectivity index (χ4n) is 2.93. The monoisotopic (exact) mass is 296 g/mol. The van der Waals surface area contributed by atoms with Gasteiger partial charge in [-0.2, -0.15) is 0 Å². The van der Waals surface area contributed by atoms with E-state index in [1.54, 1.807) is 19.1 Å². The number of sulfonamides is 1. The van der Waals surface area contributed by atoms with Gasteiger partial charge in [-0.1, -0.05) is 13.8 Å². The van der Waals surface area contributed by atoms with Crippen LogP contribution in [0.4, 0.5) is 5.69 Å². The zero-order chi connectivity index (χ0) is 15.1. The molecule has 4 nitrogen and oxygen atoms in total. The second kappa shape index (κ2) is 5.37. The minimum absolute atomic E-state index is 0.0242. The number of nitrogens with one attached hydrogen (secondary N) is 1. The van der Waals surface area contributed by atoms with Gasteiger partial charge in [0.05, 0.1) is 4.90 Å². The van der Waals surface area contributed by atoms with Crippen LogP contribution in [-0.2, 0) is 10.0 Å². The molecule has 112 valence electrons. The summed E-state index contributed by atoms with van der Waals surface area (Å²) in [5.41, 5.74) is 7.90. The first kappa shape index (κ1) is 15.3. The summed E-state index contributed by atoms with van der Waals surface area (Å²) in [5.74, 6) is 0.929. The molecule has 0 spiro atoms. The Balaban J connectivity index is 2.32. The first-order valence-electron chi connectivity index (χ1n) is 7.11. The molecule has 1 aliphatic rings.